The maximum atomic E-state index is 13.1. The van der Waals surface area contributed by atoms with E-state index in [1.807, 2.05) is 48.5 Å². The number of hydrogen-bond donors (Lipinski definition) is 1. The number of fused-ring (bicyclic) bond motifs is 3. The normalized spacial score (nSPS) is 13.4. The number of ketones is 1. The highest BCUT2D eigenvalue weighted by Crippen LogP contribution is 2.29. The van der Waals surface area contributed by atoms with Gasteiger partial charge in [0.15, 0.2) is 11.9 Å². The molecule has 0 aliphatic carbocycles. The number of benzene rings is 2. The fraction of sp³-hybridized carbons (Fsp3) is 0.348. The van der Waals surface area contributed by atoms with Crippen LogP contribution >= 0.6 is 0 Å². The zero-order chi connectivity index (χ0) is 21.8. The van der Waals surface area contributed by atoms with Gasteiger partial charge >= 0.3 is 6.09 Å². The number of aromatic nitrogens is 1. The third kappa shape index (κ3) is 4.06. The van der Waals surface area contributed by atoms with E-state index in [2.05, 4.69) is 5.32 Å². The summed E-state index contributed by atoms with van der Waals surface area (Å²) in [6.45, 7) is 3.99. The molecule has 3 rings (SSSR count). The van der Waals surface area contributed by atoms with Gasteiger partial charge in [-0.3, -0.25) is 9.59 Å². The first-order valence-corrected chi connectivity index (χ1v) is 9.97. The number of alkyl halides is 1. The van der Waals surface area contributed by atoms with Gasteiger partial charge in [-0.1, -0.05) is 57.2 Å². The lowest BCUT2D eigenvalue weighted by molar-refractivity contribution is -0.135. The predicted octanol–water partition coefficient (Wildman–Crippen LogP) is 4.24. The Morgan fingerprint density at radius 2 is 1.53 bits per heavy atom. The first kappa shape index (κ1) is 21.5. The molecular weight excluding hydrogens is 387 g/mol. The maximum absolute atomic E-state index is 13.1. The van der Waals surface area contributed by atoms with Crippen molar-refractivity contribution in [3.63, 3.8) is 0 Å². The topological polar surface area (TPSA) is 77.4 Å². The summed E-state index contributed by atoms with van der Waals surface area (Å²) in [6.07, 6.45) is -1.56. The Kier molecular flexibility index (Phi) is 6.50. The number of halogens is 1. The van der Waals surface area contributed by atoms with Gasteiger partial charge in [-0.15, -0.1) is 0 Å². The Morgan fingerprint density at radius 3 is 2.00 bits per heavy atom. The predicted molar refractivity (Wildman–Crippen MR) is 113 cm³/mol. The third-order valence-corrected chi connectivity index (χ3v) is 5.10. The Hall–Kier alpha value is -3.22. The van der Waals surface area contributed by atoms with Crippen molar-refractivity contribution in [1.29, 1.82) is 0 Å². The molecule has 0 bridgehead atoms. The zero-order valence-electron chi connectivity index (χ0n) is 17.2. The van der Waals surface area contributed by atoms with Gasteiger partial charge < -0.3 is 10.1 Å². The van der Waals surface area contributed by atoms with Crippen LogP contribution < -0.4 is 5.32 Å². The molecule has 2 unspecified atom stereocenters. The van der Waals surface area contributed by atoms with E-state index >= 15 is 0 Å². The van der Waals surface area contributed by atoms with Crippen molar-refractivity contribution < 1.29 is 23.5 Å². The van der Waals surface area contributed by atoms with E-state index < -0.39 is 36.6 Å². The number of para-hydroxylation sites is 2. The van der Waals surface area contributed by atoms with E-state index in [4.69, 9.17) is 4.74 Å². The molecule has 158 valence electrons. The number of rotatable bonds is 7. The molecule has 7 heteroatoms. The van der Waals surface area contributed by atoms with Gasteiger partial charge in [-0.2, -0.15) is 0 Å². The molecule has 1 heterocycles. The van der Waals surface area contributed by atoms with Gasteiger partial charge in [-0.05, 0) is 24.5 Å². The second-order valence-corrected chi connectivity index (χ2v) is 7.49. The van der Waals surface area contributed by atoms with Crippen molar-refractivity contribution in [2.24, 2.45) is 5.92 Å². The summed E-state index contributed by atoms with van der Waals surface area (Å²) >= 11 is 0. The van der Waals surface area contributed by atoms with Crippen molar-refractivity contribution >= 4 is 39.6 Å². The Balaban J connectivity index is 1.92. The van der Waals surface area contributed by atoms with Crippen LogP contribution in [0, 0.1) is 5.92 Å². The lowest BCUT2D eigenvalue weighted by Gasteiger charge is -2.23. The average molecular weight is 412 g/mol. The second kappa shape index (κ2) is 9.07. The minimum atomic E-state index is -1.16. The summed E-state index contributed by atoms with van der Waals surface area (Å²) in [5, 5.41) is 4.31. The highest BCUT2D eigenvalue weighted by atomic mass is 19.1. The number of carbonyl (C=O) groups excluding carboxylic acids is 3. The summed E-state index contributed by atoms with van der Waals surface area (Å²) in [4.78, 5) is 37.5. The van der Waals surface area contributed by atoms with Gasteiger partial charge in [0.1, 0.15) is 6.67 Å². The molecule has 30 heavy (non-hydrogen) atoms. The smallest absolute Gasteiger partial charge is 0.419 e. The number of carbonyl (C=O) groups is 3. The molecule has 0 aliphatic rings. The van der Waals surface area contributed by atoms with Crippen LogP contribution in [0.4, 0.5) is 9.18 Å². The van der Waals surface area contributed by atoms with E-state index in [0.717, 1.165) is 10.8 Å². The fourth-order valence-electron chi connectivity index (χ4n) is 3.53. The monoisotopic (exact) mass is 412 g/mol. The number of ether oxygens (including phenoxy) is 1. The van der Waals surface area contributed by atoms with E-state index in [1.54, 1.807) is 20.8 Å². The summed E-state index contributed by atoms with van der Waals surface area (Å²) < 4.78 is 19.8. The summed E-state index contributed by atoms with van der Waals surface area (Å²) in [6, 6.07) is 13.9. The Labute approximate surface area is 174 Å². The minimum absolute atomic E-state index is 0.250. The van der Waals surface area contributed by atoms with Crippen molar-refractivity contribution in [3.8, 4) is 0 Å². The van der Waals surface area contributed by atoms with Crippen LogP contribution in [0.2, 0.25) is 0 Å². The maximum Gasteiger partial charge on any atom is 0.419 e. The number of hydrogen-bond acceptors (Lipinski definition) is 4. The SMILES string of the molecule is CCC(NC(=O)C(OC(=O)n1c2ccccc2c2ccccc21)C(C)C)C(=O)CF. The molecule has 1 amide bonds. The molecule has 1 aromatic heterocycles. The van der Waals surface area contributed by atoms with Gasteiger partial charge in [0.2, 0.25) is 0 Å². The molecule has 0 saturated heterocycles. The highest BCUT2D eigenvalue weighted by Gasteiger charge is 2.31. The zero-order valence-corrected chi connectivity index (χ0v) is 17.2. The average Bonchev–Trinajstić information content (AvgIpc) is 3.09. The molecule has 0 saturated carbocycles. The van der Waals surface area contributed by atoms with E-state index in [-0.39, 0.29) is 12.3 Å². The molecular formula is C23H25FN2O4. The second-order valence-electron chi connectivity index (χ2n) is 7.49. The Bertz CT molecular complexity index is 1040. The number of nitrogens with zero attached hydrogens (tertiary/aromatic N) is 1. The van der Waals surface area contributed by atoms with E-state index in [1.165, 1.54) is 4.57 Å². The van der Waals surface area contributed by atoms with Gasteiger partial charge in [0.25, 0.3) is 5.91 Å². The van der Waals surface area contributed by atoms with E-state index in [9.17, 15) is 18.8 Å². The van der Waals surface area contributed by atoms with Crippen LogP contribution in [0.25, 0.3) is 21.8 Å². The molecule has 0 aliphatic heterocycles. The first-order chi connectivity index (χ1) is 14.4. The molecule has 2 aromatic carbocycles. The fourth-order valence-corrected chi connectivity index (χ4v) is 3.53. The van der Waals surface area contributed by atoms with Crippen molar-refractivity contribution in [1.82, 2.24) is 9.88 Å². The molecule has 0 radical (unpaired) electrons. The van der Waals surface area contributed by atoms with E-state index in [0.29, 0.717) is 11.0 Å². The lowest BCUT2D eigenvalue weighted by atomic mass is 10.0. The molecule has 6 nitrogen and oxygen atoms in total. The quantitative estimate of drug-likeness (QED) is 0.630. The largest absolute Gasteiger partial charge is 0.435 e. The van der Waals surface area contributed by atoms with Gasteiger partial charge in [0.05, 0.1) is 17.1 Å². The van der Waals surface area contributed by atoms with Gasteiger partial charge in [0, 0.05) is 10.8 Å². The summed E-state index contributed by atoms with van der Waals surface area (Å²) in [5.74, 6) is -1.67. The van der Waals surface area contributed by atoms with Gasteiger partial charge in [-0.25, -0.2) is 13.8 Å². The summed E-state index contributed by atoms with van der Waals surface area (Å²) in [5.41, 5.74) is 1.34. The molecule has 0 fully saturated rings. The van der Waals surface area contributed by atoms with Crippen LogP contribution in [-0.4, -0.2) is 41.2 Å². The van der Waals surface area contributed by atoms with Crippen LogP contribution in [0.5, 0.6) is 0 Å². The minimum Gasteiger partial charge on any atom is -0.435 e. The molecule has 2 atom stereocenters. The molecule has 0 spiro atoms. The molecule has 3 aromatic rings. The first-order valence-electron chi connectivity index (χ1n) is 9.97. The number of Topliss-reactive ketones (excluding diaryl/α,β-unsaturated/α-hetero) is 1. The van der Waals surface area contributed by atoms with Crippen LogP contribution in [-0.2, 0) is 14.3 Å². The van der Waals surface area contributed by atoms with Crippen molar-refractivity contribution in [3.05, 3.63) is 48.5 Å². The third-order valence-electron chi connectivity index (χ3n) is 5.10. The summed E-state index contributed by atoms with van der Waals surface area (Å²) in [7, 11) is 0. The van der Waals surface area contributed by atoms with Crippen LogP contribution in [0.3, 0.4) is 0 Å². The lowest BCUT2D eigenvalue weighted by Crippen LogP contribution is -2.48. The highest BCUT2D eigenvalue weighted by molar-refractivity contribution is 6.12. The molecule has 1 N–H and O–H groups in total. The van der Waals surface area contributed by atoms with Crippen LogP contribution in [0.1, 0.15) is 27.2 Å². The van der Waals surface area contributed by atoms with Crippen molar-refractivity contribution in [2.45, 2.75) is 39.3 Å². The number of nitrogens with one attached hydrogen (secondary N) is 1. The van der Waals surface area contributed by atoms with Crippen LogP contribution in [0.15, 0.2) is 48.5 Å². The number of amides is 1. The Morgan fingerprint density at radius 1 is 1.00 bits per heavy atom. The standard InChI is InChI=1S/C23H25FN2O4/c1-4-17(20(27)13-24)25-22(28)21(14(2)3)30-23(29)26-18-11-7-5-9-15(18)16-10-6-8-12-19(16)26/h5-12,14,17,21H,4,13H2,1-3H3,(H,25,28). The van der Waals surface area contributed by atoms with Crippen molar-refractivity contribution in [2.75, 3.05) is 6.67 Å².